The second-order valence-electron chi connectivity index (χ2n) is 2.79. The molecule has 3 nitrogen and oxygen atoms in total. The van der Waals surface area contributed by atoms with Crippen LogP contribution in [0.25, 0.3) is 0 Å². The summed E-state index contributed by atoms with van der Waals surface area (Å²) in [7, 11) is 1.61. The van der Waals surface area contributed by atoms with Crippen LogP contribution in [0.5, 0.6) is 0 Å². The number of nitrogens with one attached hydrogen (secondary N) is 2. The average Bonchev–Trinajstić information content (AvgIpc) is 2.19. The second kappa shape index (κ2) is 3.71. The SMILES string of the molecule is COC1=CC=C2NC(Br)=C(Cl)C=C2N1. The lowest BCUT2D eigenvalue weighted by molar-refractivity contribution is 0.268. The maximum absolute atomic E-state index is 5.94. The van der Waals surface area contributed by atoms with Gasteiger partial charge in [0.15, 0.2) is 5.88 Å². The highest BCUT2D eigenvalue weighted by Crippen LogP contribution is 2.26. The Morgan fingerprint density at radius 2 is 2.07 bits per heavy atom. The van der Waals surface area contributed by atoms with E-state index in [2.05, 4.69) is 26.6 Å². The highest BCUT2D eigenvalue weighted by molar-refractivity contribution is 9.11. The summed E-state index contributed by atoms with van der Waals surface area (Å²) in [5.74, 6) is 0.698. The number of rotatable bonds is 1. The standard InChI is InChI=1S/C9H8BrClN2O/c1-14-8-3-2-6-7(12-8)4-5(11)9(10)13-6/h2-4,12-13H,1H3. The average molecular weight is 276 g/mol. The van der Waals surface area contributed by atoms with Crippen molar-refractivity contribution in [1.82, 2.24) is 10.6 Å². The van der Waals surface area contributed by atoms with Gasteiger partial charge in [-0.1, -0.05) is 11.6 Å². The first kappa shape index (κ1) is 9.68. The summed E-state index contributed by atoms with van der Waals surface area (Å²) in [4.78, 5) is 0. The van der Waals surface area contributed by atoms with Crippen molar-refractivity contribution < 1.29 is 4.74 Å². The molecule has 2 rings (SSSR count). The molecule has 2 aliphatic heterocycles. The fourth-order valence-electron chi connectivity index (χ4n) is 1.20. The Morgan fingerprint density at radius 1 is 1.29 bits per heavy atom. The van der Waals surface area contributed by atoms with Crippen molar-refractivity contribution in [3.63, 3.8) is 0 Å². The molecule has 0 radical (unpaired) electrons. The normalized spacial score (nSPS) is 19.8. The fraction of sp³-hybridized carbons (Fsp3) is 0.111. The van der Waals surface area contributed by atoms with Crippen molar-refractivity contribution in [2.75, 3.05) is 7.11 Å². The van der Waals surface area contributed by atoms with E-state index in [0.29, 0.717) is 10.9 Å². The zero-order valence-electron chi connectivity index (χ0n) is 7.40. The van der Waals surface area contributed by atoms with Crippen molar-refractivity contribution in [2.24, 2.45) is 0 Å². The zero-order chi connectivity index (χ0) is 10.1. The van der Waals surface area contributed by atoms with Gasteiger partial charge in [0.1, 0.15) is 4.61 Å². The van der Waals surface area contributed by atoms with Crippen molar-refractivity contribution in [1.29, 1.82) is 0 Å². The van der Waals surface area contributed by atoms with Gasteiger partial charge in [-0.05, 0) is 28.1 Å². The van der Waals surface area contributed by atoms with Gasteiger partial charge in [0.2, 0.25) is 0 Å². The zero-order valence-corrected chi connectivity index (χ0v) is 9.74. The topological polar surface area (TPSA) is 33.3 Å². The number of ether oxygens (including phenoxy) is 1. The van der Waals surface area contributed by atoms with E-state index in [-0.39, 0.29) is 0 Å². The van der Waals surface area contributed by atoms with Gasteiger partial charge in [-0.15, -0.1) is 0 Å². The molecule has 0 aromatic carbocycles. The Bertz CT molecular complexity index is 396. The Hall–Kier alpha value is -0.870. The molecule has 0 spiro atoms. The van der Waals surface area contributed by atoms with Gasteiger partial charge in [-0.2, -0.15) is 0 Å². The van der Waals surface area contributed by atoms with Crippen LogP contribution < -0.4 is 10.6 Å². The highest BCUT2D eigenvalue weighted by atomic mass is 79.9. The molecule has 74 valence electrons. The lowest BCUT2D eigenvalue weighted by atomic mass is 10.2. The molecular formula is C9H8BrClN2O. The molecule has 0 aromatic rings. The van der Waals surface area contributed by atoms with Crippen LogP contribution in [0.2, 0.25) is 0 Å². The molecule has 0 bridgehead atoms. The predicted octanol–water partition coefficient (Wildman–Crippen LogP) is 2.25. The Kier molecular flexibility index (Phi) is 2.56. The molecule has 2 heterocycles. The number of allylic oxidation sites excluding steroid dienone is 4. The van der Waals surface area contributed by atoms with Crippen molar-refractivity contribution >= 4 is 27.5 Å². The fourth-order valence-corrected chi connectivity index (χ4v) is 1.68. The van der Waals surface area contributed by atoms with Crippen LogP contribution in [0.1, 0.15) is 0 Å². The third-order valence-corrected chi connectivity index (χ3v) is 3.05. The summed E-state index contributed by atoms with van der Waals surface area (Å²) in [6, 6.07) is 0. The van der Waals surface area contributed by atoms with E-state index in [9.17, 15) is 0 Å². The minimum absolute atomic E-state index is 0.627. The Balaban J connectivity index is 2.33. The third kappa shape index (κ3) is 1.67. The van der Waals surface area contributed by atoms with Crippen LogP contribution in [-0.2, 0) is 4.74 Å². The molecule has 0 saturated heterocycles. The summed E-state index contributed by atoms with van der Waals surface area (Å²) in [6.07, 6.45) is 5.60. The summed E-state index contributed by atoms with van der Waals surface area (Å²) in [6.45, 7) is 0. The highest BCUT2D eigenvalue weighted by Gasteiger charge is 2.17. The number of hydrogen-bond acceptors (Lipinski definition) is 3. The molecule has 0 unspecified atom stereocenters. The molecule has 14 heavy (non-hydrogen) atoms. The summed E-state index contributed by atoms with van der Waals surface area (Å²) in [5.41, 5.74) is 1.86. The molecular weight excluding hydrogens is 267 g/mol. The van der Waals surface area contributed by atoms with Gasteiger partial charge in [-0.3, -0.25) is 0 Å². The van der Waals surface area contributed by atoms with Crippen molar-refractivity contribution in [3.8, 4) is 0 Å². The maximum Gasteiger partial charge on any atom is 0.190 e. The van der Waals surface area contributed by atoms with Gasteiger partial charge in [0.25, 0.3) is 0 Å². The molecule has 2 aliphatic rings. The van der Waals surface area contributed by atoms with Crippen LogP contribution >= 0.6 is 27.5 Å². The molecule has 2 N–H and O–H groups in total. The molecule has 5 heteroatoms. The maximum atomic E-state index is 5.94. The van der Waals surface area contributed by atoms with E-state index >= 15 is 0 Å². The summed E-state index contributed by atoms with van der Waals surface area (Å²) >= 11 is 9.26. The molecule has 0 saturated carbocycles. The lowest BCUT2D eigenvalue weighted by Gasteiger charge is -2.23. The van der Waals surface area contributed by atoms with Crippen LogP contribution in [0.4, 0.5) is 0 Å². The molecule has 0 fully saturated rings. The van der Waals surface area contributed by atoms with Crippen LogP contribution in [0.15, 0.2) is 45.1 Å². The quantitative estimate of drug-likeness (QED) is 0.720. The van der Waals surface area contributed by atoms with Crippen molar-refractivity contribution in [2.45, 2.75) is 0 Å². The molecule has 0 amide bonds. The molecule has 0 atom stereocenters. The molecule has 0 aromatic heterocycles. The van der Waals surface area contributed by atoms with Crippen LogP contribution in [0, 0.1) is 0 Å². The van der Waals surface area contributed by atoms with E-state index in [0.717, 1.165) is 16.0 Å². The number of halogens is 2. The van der Waals surface area contributed by atoms with Crippen LogP contribution in [0.3, 0.4) is 0 Å². The predicted molar refractivity (Wildman–Crippen MR) is 59.3 cm³/mol. The summed E-state index contributed by atoms with van der Waals surface area (Å²) < 4.78 is 5.84. The Labute approximate surface area is 95.3 Å². The molecule has 0 aliphatic carbocycles. The second-order valence-corrected chi connectivity index (χ2v) is 3.99. The minimum Gasteiger partial charge on any atom is -0.482 e. The van der Waals surface area contributed by atoms with E-state index in [4.69, 9.17) is 16.3 Å². The number of dihydropyridines is 2. The van der Waals surface area contributed by atoms with Gasteiger partial charge < -0.3 is 15.4 Å². The van der Waals surface area contributed by atoms with E-state index in [1.54, 1.807) is 7.11 Å². The van der Waals surface area contributed by atoms with Crippen molar-refractivity contribution in [3.05, 3.63) is 45.1 Å². The lowest BCUT2D eigenvalue weighted by Crippen LogP contribution is -2.27. The van der Waals surface area contributed by atoms with Gasteiger partial charge >= 0.3 is 0 Å². The van der Waals surface area contributed by atoms with Gasteiger partial charge in [-0.25, -0.2) is 0 Å². The monoisotopic (exact) mass is 274 g/mol. The van der Waals surface area contributed by atoms with Gasteiger partial charge in [0, 0.05) is 6.08 Å². The Morgan fingerprint density at radius 3 is 2.79 bits per heavy atom. The third-order valence-electron chi connectivity index (χ3n) is 1.89. The first-order valence-electron chi connectivity index (χ1n) is 3.98. The van der Waals surface area contributed by atoms with Crippen LogP contribution in [-0.4, -0.2) is 7.11 Å². The summed E-state index contributed by atoms with van der Waals surface area (Å²) in [5, 5.41) is 6.82. The number of hydrogen-bond donors (Lipinski definition) is 2. The number of fused-ring (bicyclic) bond motifs is 1. The minimum atomic E-state index is 0.627. The van der Waals surface area contributed by atoms with E-state index in [1.165, 1.54) is 0 Å². The largest absolute Gasteiger partial charge is 0.482 e. The smallest absolute Gasteiger partial charge is 0.190 e. The van der Waals surface area contributed by atoms with Gasteiger partial charge in [0.05, 0.1) is 23.5 Å². The first-order chi connectivity index (χ1) is 6.70. The van der Waals surface area contributed by atoms with E-state index in [1.807, 2.05) is 18.2 Å². The number of methoxy groups -OCH3 is 1. The first-order valence-corrected chi connectivity index (χ1v) is 5.15. The van der Waals surface area contributed by atoms with E-state index < -0.39 is 0 Å².